The third kappa shape index (κ3) is 2.88. The molecule has 18 heavy (non-hydrogen) atoms. The van der Waals surface area contributed by atoms with Crippen LogP contribution in [0.3, 0.4) is 0 Å². The SMILES string of the molecule is CNC(c1cc(Br)sc1Br)c1cccc(Br)c1F. The zero-order chi connectivity index (χ0) is 13.3. The lowest BCUT2D eigenvalue weighted by Gasteiger charge is -2.17. The number of nitrogens with one attached hydrogen (secondary N) is 1. The molecule has 1 unspecified atom stereocenters. The molecule has 1 atom stereocenters. The Balaban J connectivity index is 2.52. The summed E-state index contributed by atoms with van der Waals surface area (Å²) in [6.45, 7) is 0. The number of halogens is 4. The van der Waals surface area contributed by atoms with Crippen LogP contribution in [-0.2, 0) is 0 Å². The average molecular weight is 458 g/mol. The molecule has 0 fully saturated rings. The van der Waals surface area contributed by atoms with E-state index in [1.807, 2.05) is 19.2 Å². The molecule has 0 aliphatic heterocycles. The zero-order valence-corrected chi connectivity index (χ0v) is 14.9. The molecule has 2 aromatic rings. The molecule has 1 nitrogen and oxygen atoms in total. The smallest absolute Gasteiger partial charge is 0.142 e. The Morgan fingerprint density at radius 3 is 2.50 bits per heavy atom. The fraction of sp³-hybridized carbons (Fsp3) is 0.167. The third-order valence-corrected chi connectivity index (χ3v) is 5.57. The van der Waals surface area contributed by atoms with Crippen LogP contribution in [-0.4, -0.2) is 7.05 Å². The monoisotopic (exact) mass is 455 g/mol. The van der Waals surface area contributed by atoms with Gasteiger partial charge in [-0.15, -0.1) is 11.3 Å². The van der Waals surface area contributed by atoms with Crippen molar-refractivity contribution < 1.29 is 4.39 Å². The van der Waals surface area contributed by atoms with Crippen LogP contribution in [0.25, 0.3) is 0 Å². The van der Waals surface area contributed by atoms with E-state index in [0.717, 1.165) is 13.1 Å². The molecule has 0 aliphatic carbocycles. The predicted octanol–water partition coefficient (Wildman–Crippen LogP) is 5.48. The molecule has 0 saturated heterocycles. The van der Waals surface area contributed by atoms with Crippen molar-refractivity contribution in [1.82, 2.24) is 5.32 Å². The Bertz CT molecular complexity index is 570. The summed E-state index contributed by atoms with van der Waals surface area (Å²) in [6.07, 6.45) is 0. The normalized spacial score (nSPS) is 12.7. The van der Waals surface area contributed by atoms with Gasteiger partial charge in [-0.05, 0) is 72.5 Å². The lowest BCUT2D eigenvalue weighted by molar-refractivity contribution is 0.571. The first-order valence-corrected chi connectivity index (χ1v) is 8.30. The molecule has 0 spiro atoms. The van der Waals surface area contributed by atoms with Gasteiger partial charge in [0.05, 0.1) is 18.1 Å². The summed E-state index contributed by atoms with van der Waals surface area (Å²) in [6, 6.07) is 7.14. The summed E-state index contributed by atoms with van der Waals surface area (Å²) in [5.41, 5.74) is 1.64. The van der Waals surface area contributed by atoms with Gasteiger partial charge in [0.25, 0.3) is 0 Å². The maximum Gasteiger partial charge on any atom is 0.142 e. The van der Waals surface area contributed by atoms with Crippen molar-refractivity contribution in [2.45, 2.75) is 6.04 Å². The number of benzene rings is 1. The van der Waals surface area contributed by atoms with Crippen molar-refractivity contribution in [3.63, 3.8) is 0 Å². The van der Waals surface area contributed by atoms with Gasteiger partial charge in [0.1, 0.15) is 5.82 Å². The fourth-order valence-electron chi connectivity index (χ4n) is 1.77. The first-order valence-electron chi connectivity index (χ1n) is 5.10. The van der Waals surface area contributed by atoms with Gasteiger partial charge in [-0.3, -0.25) is 0 Å². The molecular weight excluding hydrogens is 449 g/mol. The highest BCUT2D eigenvalue weighted by atomic mass is 79.9. The van der Waals surface area contributed by atoms with Crippen molar-refractivity contribution in [1.29, 1.82) is 0 Å². The van der Waals surface area contributed by atoms with Gasteiger partial charge >= 0.3 is 0 Å². The van der Waals surface area contributed by atoms with E-state index in [-0.39, 0.29) is 11.9 Å². The first kappa shape index (κ1) is 14.7. The van der Waals surface area contributed by atoms with Crippen LogP contribution in [0.15, 0.2) is 36.3 Å². The third-order valence-electron chi connectivity index (χ3n) is 2.58. The first-order chi connectivity index (χ1) is 8.54. The van der Waals surface area contributed by atoms with Gasteiger partial charge in [0.2, 0.25) is 0 Å². The van der Waals surface area contributed by atoms with Gasteiger partial charge in [0, 0.05) is 5.56 Å². The van der Waals surface area contributed by atoms with Crippen LogP contribution in [0.4, 0.5) is 4.39 Å². The maximum absolute atomic E-state index is 14.2. The van der Waals surface area contributed by atoms with Crippen molar-refractivity contribution in [3.8, 4) is 0 Å². The Hall–Kier alpha value is 0.250. The van der Waals surface area contributed by atoms with Crippen LogP contribution < -0.4 is 5.32 Å². The second kappa shape index (κ2) is 6.13. The van der Waals surface area contributed by atoms with E-state index >= 15 is 0 Å². The summed E-state index contributed by atoms with van der Waals surface area (Å²) in [5, 5.41) is 3.15. The van der Waals surface area contributed by atoms with Crippen molar-refractivity contribution >= 4 is 59.1 Å². The number of hydrogen-bond donors (Lipinski definition) is 1. The maximum atomic E-state index is 14.2. The van der Waals surface area contributed by atoms with E-state index in [1.54, 1.807) is 23.5 Å². The van der Waals surface area contributed by atoms with E-state index in [2.05, 4.69) is 53.1 Å². The highest BCUT2D eigenvalue weighted by Gasteiger charge is 2.21. The molecule has 1 heterocycles. The number of hydrogen-bond acceptors (Lipinski definition) is 2. The van der Waals surface area contributed by atoms with Gasteiger partial charge in [0.15, 0.2) is 0 Å². The molecule has 0 saturated carbocycles. The number of thiophene rings is 1. The molecule has 0 bridgehead atoms. The second-order valence-corrected chi connectivity index (χ2v) is 8.25. The molecule has 1 aromatic carbocycles. The fourth-order valence-corrected chi connectivity index (χ4v) is 5.06. The topological polar surface area (TPSA) is 12.0 Å². The molecule has 0 amide bonds. The Morgan fingerprint density at radius 2 is 1.94 bits per heavy atom. The lowest BCUT2D eigenvalue weighted by atomic mass is 10.0. The zero-order valence-electron chi connectivity index (χ0n) is 9.31. The lowest BCUT2D eigenvalue weighted by Crippen LogP contribution is -2.18. The summed E-state index contributed by atoms with van der Waals surface area (Å²) in [5.74, 6) is -0.230. The van der Waals surface area contributed by atoms with Gasteiger partial charge in [-0.25, -0.2) is 4.39 Å². The largest absolute Gasteiger partial charge is 0.309 e. The minimum Gasteiger partial charge on any atom is -0.309 e. The Kier molecular flexibility index (Phi) is 4.99. The minimum atomic E-state index is -0.230. The van der Waals surface area contributed by atoms with E-state index in [9.17, 15) is 4.39 Å². The highest BCUT2D eigenvalue weighted by Crippen LogP contribution is 2.38. The standard InChI is InChI=1S/C12H9Br3FNS/c1-17-11(7-5-9(14)18-12(7)15)6-3-2-4-8(13)10(6)16/h2-5,11,17H,1H3. The molecule has 0 radical (unpaired) electrons. The van der Waals surface area contributed by atoms with Gasteiger partial charge in [-0.2, -0.15) is 0 Å². The number of rotatable bonds is 3. The quantitative estimate of drug-likeness (QED) is 0.643. The summed E-state index contributed by atoms with van der Waals surface area (Å²) in [4.78, 5) is 0. The molecule has 1 N–H and O–H groups in total. The van der Waals surface area contributed by atoms with Crippen molar-refractivity contribution in [2.24, 2.45) is 0 Å². The highest BCUT2D eigenvalue weighted by molar-refractivity contribution is 9.12. The molecule has 96 valence electrons. The van der Waals surface area contributed by atoms with Crippen LogP contribution in [0.5, 0.6) is 0 Å². The Morgan fingerprint density at radius 1 is 1.22 bits per heavy atom. The van der Waals surface area contributed by atoms with E-state index in [4.69, 9.17) is 0 Å². The van der Waals surface area contributed by atoms with Gasteiger partial charge in [-0.1, -0.05) is 12.1 Å². The van der Waals surface area contributed by atoms with E-state index in [1.165, 1.54) is 0 Å². The molecule has 0 aliphatic rings. The summed E-state index contributed by atoms with van der Waals surface area (Å²) >= 11 is 11.8. The summed E-state index contributed by atoms with van der Waals surface area (Å²) < 4.78 is 16.6. The van der Waals surface area contributed by atoms with Crippen LogP contribution in [0.2, 0.25) is 0 Å². The Labute approximate surface area is 134 Å². The van der Waals surface area contributed by atoms with Crippen LogP contribution in [0.1, 0.15) is 17.2 Å². The van der Waals surface area contributed by atoms with E-state index in [0.29, 0.717) is 10.0 Å². The molecule has 6 heteroatoms. The average Bonchev–Trinajstić information content (AvgIpc) is 2.65. The van der Waals surface area contributed by atoms with Crippen molar-refractivity contribution in [3.05, 3.63) is 53.3 Å². The molecular formula is C12H9Br3FNS. The molecule has 2 rings (SSSR count). The van der Waals surface area contributed by atoms with E-state index < -0.39 is 0 Å². The van der Waals surface area contributed by atoms with Crippen LogP contribution in [0, 0.1) is 5.82 Å². The second-order valence-electron chi connectivity index (χ2n) is 3.64. The predicted molar refractivity (Wildman–Crippen MR) is 84.7 cm³/mol. The molecule has 1 aromatic heterocycles. The van der Waals surface area contributed by atoms with Gasteiger partial charge < -0.3 is 5.32 Å². The van der Waals surface area contributed by atoms with Crippen molar-refractivity contribution in [2.75, 3.05) is 7.05 Å². The minimum absolute atomic E-state index is 0.181. The summed E-state index contributed by atoms with van der Waals surface area (Å²) in [7, 11) is 1.82. The van der Waals surface area contributed by atoms with Crippen LogP contribution >= 0.6 is 59.1 Å².